The molecule has 0 saturated carbocycles. The van der Waals surface area contributed by atoms with Crippen LogP contribution in [0.5, 0.6) is 0 Å². The number of benzene rings is 2. The maximum absolute atomic E-state index is 12.0. The van der Waals surface area contributed by atoms with Crippen molar-refractivity contribution in [3.8, 4) is 11.8 Å². The maximum atomic E-state index is 12.0. The number of fused-ring (bicyclic) bond motifs is 1. The zero-order chi connectivity index (χ0) is 16.2. The van der Waals surface area contributed by atoms with Crippen LogP contribution in [0.15, 0.2) is 54.6 Å². The van der Waals surface area contributed by atoms with Crippen LogP contribution in [0.2, 0.25) is 0 Å². The van der Waals surface area contributed by atoms with Gasteiger partial charge in [0.05, 0.1) is 18.2 Å². The van der Waals surface area contributed by atoms with E-state index >= 15 is 0 Å². The molecule has 0 saturated heterocycles. The molecule has 0 radical (unpaired) electrons. The highest BCUT2D eigenvalue weighted by Gasteiger charge is 2.13. The summed E-state index contributed by atoms with van der Waals surface area (Å²) < 4.78 is 4.86. The van der Waals surface area contributed by atoms with Crippen LogP contribution in [0.3, 0.4) is 0 Å². The van der Waals surface area contributed by atoms with E-state index in [1.807, 2.05) is 55.5 Å². The largest absolute Gasteiger partial charge is 0.465 e. The van der Waals surface area contributed by atoms with Crippen LogP contribution < -0.4 is 0 Å². The number of carbonyl (C=O) groups excluding carboxylic acids is 1. The van der Waals surface area contributed by atoms with Crippen molar-refractivity contribution in [2.45, 2.75) is 6.92 Å². The molecule has 0 fully saturated rings. The van der Waals surface area contributed by atoms with E-state index < -0.39 is 5.97 Å². The summed E-state index contributed by atoms with van der Waals surface area (Å²) in [5.41, 5.74) is 3.60. The third-order valence-electron chi connectivity index (χ3n) is 3.47. The Morgan fingerprint density at radius 1 is 1.04 bits per heavy atom. The number of aromatic nitrogens is 1. The number of ether oxygens (including phenoxy) is 1. The molecule has 3 rings (SSSR count). The third kappa shape index (κ3) is 3.22. The first-order valence-electron chi connectivity index (χ1n) is 7.24. The number of aryl methyl sites for hydroxylation is 1. The van der Waals surface area contributed by atoms with Gasteiger partial charge < -0.3 is 4.74 Å². The number of hydrogen-bond acceptors (Lipinski definition) is 3. The minimum atomic E-state index is -0.432. The molecule has 3 nitrogen and oxygen atoms in total. The lowest BCUT2D eigenvalue weighted by Crippen LogP contribution is -2.06. The van der Waals surface area contributed by atoms with E-state index in [9.17, 15) is 4.79 Å². The summed E-state index contributed by atoms with van der Waals surface area (Å²) in [7, 11) is 1.36. The van der Waals surface area contributed by atoms with Gasteiger partial charge in [0.15, 0.2) is 0 Å². The Morgan fingerprint density at radius 2 is 1.83 bits per heavy atom. The van der Waals surface area contributed by atoms with Gasteiger partial charge in [-0.25, -0.2) is 9.78 Å². The molecule has 0 aliphatic carbocycles. The first-order valence-corrected chi connectivity index (χ1v) is 7.24. The molecule has 23 heavy (non-hydrogen) atoms. The Hall–Kier alpha value is -3.12. The summed E-state index contributed by atoms with van der Waals surface area (Å²) in [6.07, 6.45) is 0. The molecule has 0 atom stereocenters. The molecule has 0 bridgehead atoms. The van der Waals surface area contributed by atoms with Crippen LogP contribution in [0.4, 0.5) is 0 Å². The molecule has 1 heterocycles. The minimum Gasteiger partial charge on any atom is -0.465 e. The van der Waals surface area contributed by atoms with Gasteiger partial charge in [0.25, 0.3) is 0 Å². The molecule has 0 aliphatic rings. The smallest absolute Gasteiger partial charge is 0.340 e. The number of hydrogen-bond donors (Lipinski definition) is 0. The lowest BCUT2D eigenvalue weighted by Gasteiger charge is -2.05. The highest BCUT2D eigenvalue weighted by molar-refractivity contribution is 5.96. The first-order chi connectivity index (χ1) is 11.2. The van der Waals surface area contributed by atoms with Crippen molar-refractivity contribution in [2.24, 2.45) is 0 Å². The van der Waals surface area contributed by atoms with Crippen LogP contribution in [-0.4, -0.2) is 18.1 Å². The van der Waals surface area contributed by atoms with Crippen LogP contribution in [0.25, 0.3) is 10.9 Å². The van der Waals surface area contributed by atoms with Gasteiger partial charge in [-0.15, -0.1) is 0 Å². The fourth-order valence-corrected chi connectivity index (χ4v) is 2.31. The molecule has 112 valence electrons. The molecule has 0 aliphatic heterocycles. The number of rotatable bonds is 1. The highest BCUT2D eigenvalue weighted by atomic mass is 16.5. The predicted molar refractivity (Wildman–Crippen MR) is 90.2 cm³/mol. The Morgan fingerprint density at radius 3 is 2.57 bits per heavy atom. The Bertz CT molecular complexity index is 934. The molecule has 0 N–H and O–H groups in total. The van der Waals surface area contributed by atoms with E-state index in [-0.39, 0.29) is 0 Å². The summed E-state index contributed by atoms with van der Waals surface area (Å²) in [6, 6.07) is 17.3. The fourth-order valence-electron chi connectivity index (χ4n) is 2.31. The van der Waals surface area contributed by atoms with Crippen molar-refractivity contribution in [2.75, 3.05) is 7.11 Å². The van der Waals surface area contributed by atoms with E-state index in [1.54, 1.807) is 6.07 Å². The van der Waals surface area contributed by atoms with E-state index in [1.165, 1.54) is 7.11 Å². The Balaban J connectivity index is 2.16. The number of esters is 1. The molecule has 3 heteroatoms. The van der Waals surface area contributed by atoms with Gasteiger partial charge in [0, 0.05) is 10.9 Å². The zero-order valence-electron chi connectivity index (χ0n) is 13.0. The Labute approximate surface area is 134 Å². The second-order valence-corrected chi connectivity index (χ2v) is 5.19. The van der Waals surface area contributed by atoms with Gasteiger partial charge in [-0.1, -0.05) is 35.7 Å². The van der Waals surface area contributed by atoms with Crippen LogP contribution >= 0.6 is 0 Å². The average Bonchev–Trinajstić information content (AvgIpc) is 2.59. The van der Waals surface area contributed by atoms with E-state index in [0.717, 1.165) is 22.0 Å². The number of methoxy groups -OCH3 is 1. The molecular formula is C20H15NO2. The number of nitrogens with zero attached hydrogens (tertiary/aromatic N) is 1. The normalized spacial score (nSPS) is 10.0. The summed E-state index contributed by atoms with van der Waals surface area (Å²) in [4.78, 5) is 16.6. The fraction of sp³-hybridized carbons (Fsp3) is 0.100. The Kier molecular flexibility index (Phi) is 4.07. The van der Waals surface area contributed by atoms with Crippen molar-refractivity contribution in [1.82, 2.24) is 4.98 Å². The highest BCUT2D eigenvalue weighted by Crippen LogP contribution is 2.19. The summed E-state index contributed by atoms with van der Waals surface area (Å²) in [5, 5.41) is 0.899. The first kappa shape index (κ1) is 14.8. The van der Waals surface area contributed by atoms with Crippen molar-refractivity contribution in [1.29, 1.82) is 0 Å². The lowest BCUT2D eigenvalue weighted by atomic mass is 10.1. The lowest BCUT2D eigenvalue weighted by molar-refractivity contribution is 0.0600. The van der Waals surface area contributed by atoms with Gasteiger partial charge >= 0.3 is 5.97 Å². The van der Waals surface area contributed by atoms with Crippen LogP contribution in [-0.2, 0) is 4.74 Å². The standard InChI is InChI=1S/C20H15NO2/c1-14-8-10-18-16(12-14)13-17(20(22)23-2)19(21-18)11-9-15-6-4-3-5-7-15/h3-8,10,12-13H,1-2H3. The summed E-state index contributed by atoms with van der Waals surface area (Å²) >= 11 is 0. The van der Waals surface area contributed by atoms with Gasteiger partial charge in [-0.3, -0.25) is 0 Å². The predicted octanol–water partition coefficient (Wildman–Crippen LogP) is 3.73. The molecule has 0 spiro atoms. The van der Waals surface area contributed by atoms with Gasteiger partial charge in [-0.2, -0.15) is 0 Å². The molecule has 2 aromatic carbocycles. The maximum Gasteiger partial charge on any atom is 0.340 e. The van der Waals surface area contributed by atoms with Crippen molar-refractivity contribution < 1.29 is 9.53 Å². The number of carbonyl (C=O) groups is 1. The van der Waals surface area contributed by atoms with E-state index in [4.69, 9.17) is 4.74 Å². The SMILES string of the molecule is COC(=O)c1cc2cc(C)ccc2nc1C#Cc1ccccc1. The molecule has 0 amide bonds. The molecule has 3 aromatic rings. The van der Waals surface area contributed by atoms with E-state index in [2.05, 4.69) is 16.8 Å². The third-order valence-corrected chi connectivity index (χ3v) is 3.47. The minimum absolute atomic E-state index is 0.383. The van der Waals surface area contributed by atoms with Gasteiger partial charge in [0.2, 0.25) is 0 Å². The summed E-state index contributed by atoms with van der Waals surface area (Å²) in [6.45, 7) is 2.00. The van der Waals surface area contributed by atoms with Crippen molar-refractivity contribution in [3.05, 3.63) is 77.0 Å². The molecule has 0 unspecified atom stereocenters. The van der Waals surface area contributed by atoms with Crippen LogP contribution in [0.1, 0.15) is 27.2 Å². The number of pyridine rings is 1. The van der Waals surface area contributed by atoms with Gasteiger partial charge in [-0.05, 0) is 43.2 Å². The molecule has 1 aromatic heterocycles. The van der Waals surface area contributed by atoms with Gasteiger partial charge in [0.1, 0.15) is 5.69 Å². The van der Waals surface area contributed by atoms with E-state index in [0.29, 0.717) is 11.3 Å². The summed E-state index contributed by atoms with van der Waals surface area (Å²) in [5.74, 6) is 5.59. The van der Waals surface area contributed by atoms with Crippen molar-refractivity contribution >= 4 is 16.9 Å². The second kappa shape index (κ2) is 6.33. The van der Waals surface area contributed by atoms with Crippen LogP contribution in [0, 0.1) is 18.8 Å². The monoisotopic (exact) mass is 301 g/mol. The molecular weight excluding hydrogens is 286 g/mol. The average molecular weight is 301 g/mol. The van der Waals surface area contributed by atoms with Crippen molar-refractivity contribution in [3.63, 3.8) is 0 Å². The topological polar surface area (TPSA) is 39.2 Å². The quantitative estimate of drug-likeness (QED) is 0.508. The zero-order valence-corrected chi connectivity index (χ0v) is 13.0. The second-order valence-electron chi connectivity index (χ2n) is 5.19.